The van der Waals surface area contributed by atoms with Gasteiger partial charge < -0.3 is 10.5 Å². The maximum atomic E-state index is 5.93. The number of hydrogen-bond donors (Lipinski definition) is 1. The first-order valence-electron chi connectivity index (χ1n) is 5.90. The molecule has 2 N–H and O–H groups in total. The van der Waals surface area contributed by atoms with Gasteiger partial charge in [0, 0.05) is 11.6 Å². The van der Waals surface area contributed by atoms with E-state index in [0.29, 0.717) is 13.2 Å². The highest BCUT2D eigenvalue weighted by Gasteiger charge is 2.09. The van der Waals surface area contributed by atoms with Gasteiger partial charge in [0.25, 0.3) is 0 Å². The molecule has 0 spiro atoms. The number of rotatable bonds is 5. The summed E-state index contributed by atoms with van der Waals surface area (Å²) in [5, 5.41) is 0.722. The molecule has 2 aromatic rings. The largest absolute Gasteiger partial charge is 0.368 e. The summed E-state index contributed by atoms with van der Waals surface area (Å²) in [6, 6.07) is 17.7. The van der Waals surface area contributed by atoms with Gasteiger partial charge in [0.15, 0.2) is 0 Å². The van der Waals surface area contributed by atoms with Gasteiger partial charge in [-0.2, -0.15) is 0 Å². The third-order valence-corrected chi connectivity index (χ3v) is 2.96. The smallest absolute Gasteiger partial charge is 0.0951 e. The van der Waals surface area contributed by atoms with Crippen molar-refractivity contribution in [2.75, 3.05) is 6.54 Å². The Morgan fingerprint density at radius 1 is 1.06 bits per heavy atom. The van der Waals surface area contributed by atoms with Crippen LogP contribution in [0.1, 0.15) is 17.2 Å². The Balaban J connectivity index is 2.00. The first-order chi connectivity index (χ1) is 8.79. The van der Waals surface area contributed by atoms with E-state index in [4.69, 9.17) is 22.1 Å². The lowest BCUT2D eigenvalue weighted by atomic mass is 10.1. The van der Waals surface area contributed by atoms with Crippen LogP contribution in [0.4, 0.5) is 0 Å². The highest BCUT2D eigenvalue weighted by molar-refractivity contribution is 6.30. The Morgan fingerprint density at radius 2 is 1.83 bits per heavy atom. The maximum Gasteiger partial charge on any atom is 0.0951 e. The Labute approximate surface area is 112 Å². The molecule has 0 aliphatic heterocycles. The van der Waals surface area contributed by atoms with Crippen molar-refractivity contribution in [1.82, 2.24) is 0 Å². The summed E-state index contributed by atoms with van der Waals surface area (Å²) in [5.41, 5.74) is 7.90. The Bertz CT molecular complexity index is 487. The molecular weight excluding hydrogens is 246 g/mol. The van der Waals surface area contributed by atoms with E-state index in [1.165, 1.54) is 0 Å². The van der Waals surface area contributed by atoms with E-state index >= 15 is 0 Å². The van der Waals surface area contributed by atoms with E-state index in [0.717, 1.165) is 16.1 Å². The fraction of sp³-hybridized carbons (Fsp3) is 0.200. The van der Waals surface area contributed by atoms with Crippen LogP contribution in [-0.2, 0) is 11.3 Å². The molecule has 0 saturated carbocycles. The van der Waals surface area contributed by atoms with Crippen molar-refractivity contribution in [2.45, 2.75) is 12.7 Å². The number of ether oxygens (including phenoxy) is 1. The first kappa shape index (κ1) is 13.1. The third kappa shape index (κ3) is 3.57. The normalized spacial score (nSPS) is 12.3. The van der Waals surface area contributed by atoms with Crippen LogP contribution in [0.25, 0.3) is 0 Å². The van der Waals surface area contributed by atoms with Crippen LogP contribution < -0.4 is 5.73 Å². The van der Waals surface area contributed by atoms with Crippen LogP contribution in [0.3, 0.4) is 0 Å². The summed E-state index contributed by atoms with van der Waals surface area (Å²) in [5.74, 6) is 0. The lowest BCUT2D eigenvalue weighted by Gasteiger charge is -2.16. The van der Waals surface area contributed by atoms with E-state index in [1.54, 1.807) is 0 Å². The van der Waals surface area contributed by atoms with Crippen LogP contribution >= 0.6 is 11.6 Å². The van der Waals surface area contributed by atoms with Crippen molar-refractivity contribution in [3.63, 3.8) is 0 Å². The van der Waals surface area contributed by atoms with Crippen molar-refractivity contribution in [2.24, 2.45) is 5.73 Å². The summed E-state index contributed by atoms with van der Waals surface area (Å²) in [6.45, 7) is 0.974. The molecule has 0 aliphatic carbocycles. The molecule has 1 atom stereocenters. The van der Waals surface area contributed by atoms with E-state index in [-0.39, 0.29) is 6.10 Å². The zero-order chi connectivity index (χ0) is 12.8. The van der Waals surface area contributed by atoms with Gasteiger partial charge in [-0.05, 0) is 23.3 Å². The van der Waals surface area contributed by atoms with Gasteiger partial charge >= 0.3 is 0 Å². The average Bonchev–Trinajstić information content (AvgIpc) is 2.41. The van der Waals surface area contributed by atoms with Crippen molar-refractivity contribution >= 4 is 11.6 Å². The van der Waals surface area contributed by atoms with Crippen molar-refractivity contribution < 1.29 is 4.74 Å². The molecule has 0 radical (unpaired) electrons. The van der Waals surface area contributed by atoms with Gasteiger partial charge in [0.2, 0.25) is 0 Å². The van der Waals surface area contributed by atoms with Crippen LogP contribution in [0.5, 0.6) is 0 Å². The minimum atomic E-state index is -0.0785. The van der Waals surface area contributed by atoms with Crippen LogP contribution in [0.2, 0.25) is 5.02 Å². The number of nitrogens with two attached hydrogens (primary N) is 1. The van der Waals surface area contributed by atoms with Gasteiger partial charge in [-0.25, -0.2) is 0 Å². The van der Waals surface area contributed by atoms with E-state index < -0.39 is 0 Å². The Kier molecular flexibility index (Phi) is 4.76. The third-order valence-electron chi connectivity index (χ3n) is 2.73. The second kappa shape index (κ2) is 6.55. The summed E-state index contributed by atoms with van der Waals surface area (Å²) < 4.78 is 5.83. The Hall–Kier alpha value is -1.35. The fourth-order valence-electron chi connectivity index (χ4n) is 1.79. The average molecular weight is 262 g/mol. The molecule has 0 aromatic heterocycles. The van der Waals surface area contributed by atoms with Gasteiger partial charge in [-0.1, -0.05) is 54.1 Å². The second-order valence-corrected chi connectivity index (χ2v) is 4.51. The monoisotopic (exact) mass is 261 g/mol. The van der Waals surface area contributed by atoms with Gasteiger partial charge in [0.05, 0.1) is 12.7 Å². The molecule has 1 unspecified atom stereocenters. The zero-order valence-corrected chi connectivity index (χ0v) is 10.8. The summed E-state index contributed by atoms with van der Waals surface area (Å²) >= 11 is 5.93. The summed E-state index contributed by atoms with van der Waals surface area (Å²) in [4.78, 5) is 0. The molecule has 0 amide bonds. The van der Waals surface area contributed by atoms with Crippen LogP contribution in [0.15, 0.2) is 54.6 Å². The summed E-state index contributed by atoms with van der Waals surface area (Å²) in [6.07, 6.45) is -0.0785. The molecule has 2 aromatic carbocycles. The van der Waals surface area contributed by atoms with Gasteiger partial charge in [0.1, 0.15) is 0 Å². The quantitative estimate of drug-likeness (QED) is 0.893. The molecule has 0 bridgehead atoms. The lowest BCUT2D eigenvalue weighted by Crippen LogP contribution is -2.15. The van der Waals surface area contributed by atoms with Gasteiger partial charge in [-0.15, -0.1) is 0 Å². The van der Waals surface area contributed by atoms with E-state index in [1.807, 2.05) is 54.6 Å². The zero-order valence-electron chi connectivity index (χ0n) is 10.1. The lowest BCUT2D eigenvalue weighted by molar-refractivity contribution is 0.0456. The molecule has 94 valence electrons. The molecule has 0 aliphatic rings. The molecule has 2 rings (SSSR count). The van der Waals surface area contributed by atoms with Crippen LogP contribution in [0, 0.1) is 0 Å². The van der Waals surface area contributed by atoms with Crippen molar-refractivity contribution in [3.8, 4) is 0 Å². The molecule has 18 heavy (non-hydrogen) atoms. The van der Waals surface area contributed by atoms with Crippen LogP contribution in [-0.4, -0.2) is 6.54 Å². The number of benzene rings is 2. The first-order valence-corrected chi connectivity index (χ1v) is 6.28. The highest BCUT2D eigenvalue weighted by atomic mass is 35.5. The van der Waals surface area contributed by atoms with E-state index in [9.17, 15) is 0 Å². The molecule has 3 heteroatoms. The minimum absolute atomic E-state index is 0.0785. The topological polar surface area (TPSA) is 35.2 Å². The molecular formula is C15H16ClNO. The predicted octanol–water partition coefficient (Wildman–Crippen LogP) is 3.56. The second-order valence-electron chi connectivity index (χ2n) is 4.08. The fourth-order valence-corrected chi connectivity index (χ4v) is 2.00. The number of hydrogen-bond acceptors (Lipinski definition) is 2. The maximum absolute atomic E-state index is 5.93. The Morgan fingerprint density at radius 3 is 2.50 bits per heavy atom. The highest BCUT2D eigenvalue weighted by Crippen LogP contribution is 2.19. The molecule has 0 fully saturated rings. The van der Waals surface area contributed by atoms with Gasteiger partial charge in [-0.3, -0.25) is 0 Å². The van der Waals surface area contributed by atoms with Crippen molar-refractivity contribution in [3.05, 3.63) is 70.7 Å². The number of halogens is 1. The minimum Gasteiger partial charge on any atom is -0.368 e. The van der Waals surface area contributed by atoms with Crippen molar-refractivity contribution in [1.29, 1.82) is 0 Å². The SMILES string of the molecule is NCC(OCc1cccc(Cl)c1)c1ccccc1. The summed E-state index contributed by atoms with van der Waals surface area (Å²) in [7, 11) is 0. The molecule has 0 heterocycles. The molecule has 0 saturated heterocycles. The van der Waals surface area contributed by atoms with E-state index in [2.05, 4.69) is 0 Å². The molecule has 2 nitrogen and oxygen atoms in total. The predicted molar refractivity (Wildman–Crippen MR) is 74.5 cm³/mol. The standard InChI is InChI=1S/C15H16ClNO/c16-14-8-4-5-12(9-14)11-18-15(10-17)13-6-2-1-3-7-13/h1-9,15H,10-11,17H2.